The third-order valence-electron chi connectivity index (χ3n) is 7.07. The second kappa shape index (κ2) is 12.4. The Morgan fingerprint density at radius 2 is 1.58 bits per heavy atom. The van der Waals surface area contributed by atoms with E-state index in [4.69, 9.17) is 4.74 Å². The molecule has 0 bridgehead atoms. The lowest BCUT2D eigenvalue weighted by atomic mass is 10.0. The average Bonchev–Trinajstić information content (AvgIpc) is 3.44. The van der Waals surface area contributed by atoms with Crippen molar-refractivity contribution in [2.75, 3.05) is 18.6 Å². The molecule has 2 amide bonds. The van der Waals surface area contributed by atoms with Gasteiger partial charge in [-0.05, 0) is 72.7 Å². The van der Waals surface area contributed by atoms with Crippen molar-refractivity contribution in [1.29, 1.82) is 0 Å². The van der Waals surface area contributed by atoms with Crippen LogP contribution in [0.5, 0.6) is 5.75 Å². The number of benzene rings is 3. The Hall–Kier alpha value is -3.60. The van der Waals surface area contributed by atoms with Gasteiger partial charge in [0.25, 0.3) is 0 Å². The van der Waals surface area contributed by atoms with Gasteiger partial charge in [0, 0.05) is 18.2 Å². The first-order chi connectivity index (χ1) is 17.5. The molecular weight excluding hydrogens is 448 g/mol. The fourth-order valence-electron chi connectivity index (χ4n) is 4.83. The highest BCUT2D eigenvalue weighted by molar-refractivity contribution is 5.95. The van der Waals surface area contributed by atoms with Gasteiger partial charge in [-0.15, -0.1) is 0 Å². The van der Waals surface area contributed by atoms with Gasteiger partial charge in [0.15, 0.2) is 0 Å². The number of carbonyl (C=O) groups is 2. The molecule has 3 aromatic rings. The van der Waals surface area contributed by atoms with Crippen LogP contribution in [0.15, 0.2) is 72.8 Å². The summed E-state index contributed by atoms with van der Waals surface area (Å²) in [7, 11) is 1.65. The minimum atomic E-state index is -0.00457. The van der Waals surface area contributed by atoms with Gasteiger partial charge in [0.05, 0.1) is 20.1 Å². The van der Waals surface area contributed by atoms with E-state index < -0.39 is 0 Å². The van der Waals surface area contributed by atoms with E-state index in [1.165, 1.54) is 5.56 Å². The van der Waals surface area contributed by atoms with Gasteiger partial charge in [-0.1, -0.05) is 61.4 Å². The molecule has 1 fully saturated rings. The molecule has 0 spiro atoms. The summed E-state index contributed by atoms with van der Waals surface area (Å²) < 4.78 is 5.18. The number of methoxy groups -OCH3 is 1. The molecule has 5 heteroatoms. The summed E-state index contributed by atoms with van der Waals surface area (Å²) in [5.74, 6) is 1.13. The lowest BCUT2D eigenvalue weighted by Crippen LogP contribution is -2.35. The van der Waals surface area contributed by atoms with Gasteiger partial charge < -0.3 is 15.0 Å². The van der Waals surface area contributed by atoms with E-state index in [9.17, 15) is 9.59 Å². The Balaban J connectivity index is 1.37. The van der Waals surface area contributed by atoms with Crippen molar-refractivity contribution in [1.82, 2.24) is 5.32 Å². The van der Waals surface area contributed by atoms with Crippen LogP contribution in [0.25, 0.3) is 0 Å². The maximum atomic E-state index is 13.5. The fraction of sp³-hybridized carbons (Fsp3) is 0.355. The number of nitrogens with zero attached hydrogens (tertiary/aromatic N) is 1. The molecular formula is C31H36N2O3. The van der Waals surface area contributed by atoms with Crippen LogP contribution in [0.3, 0.4) is 0 Å². The number of carbonyl (C=O) groups excluding carboxylic acids is 2. The molecule has 5 nitrogen and oxygen atoms in total. The minimum absolute atomic E-state index is 0.00457. The molecule has 1 saturated carbocycles. The van der Waals surface area contributed by atoms with Crippen molar-refractivity contribution in [3.63, 3.8) is 0 Å². The first kappa shape index (κ1) is 25.5. The number of aryl methyl sites for hydroxylation is 1. The summed E-state index contributed by atoms with van der Waals surface area (Å²) in [6.45, 7) is 3.24. The molecule has 0 atom stereocenters. The van der Waals surface area contributed by atoms with Gasteiger partial charge in [-0.2, -0.15) is 0 Å². The third kappa shape index (κ3) is 6.75. The molecule has 36 heavy (non-hydrogen) atoms. The zero-order valence-corrected chi connectivity index (χ0v) is 21.3. The van der Waals surface area contributed by atoms with Crippen LogP contribution < -0.4 is 15.0 Å². The summed E-state index contributed by atoms with van der Waals surface area (Å²) in [6, 6.07) is 24.0. The lowest BCUT2D eigenvalue weighted by molar-refractivity contribution is -0.122. The maximum Gasteiger partial charge on any atom is 0.230 e. The predicted molar refractivity (Wildman–Crippen MR) is 144 cm³/mol. The van der Waals surface area contributed by atoms with Gasteiger partial charge in [-0.25, -0.2) is 0 Å². The highest BCUT2D eigenvalue weighted by Gasteiger charge is 2.28. The monoisotopic (exact) mass is 484 g/mol. The standard InChI is InChI=1S/C31H36N2O3/c1-23-7-3-4-10-27(23)22-33(31(35)26-8-5-6-9-26)28-15-11-25(12-16-28)21-30(34)32-20-19-24-13-17-29(36-2)18-14-24/h3-4,7,10-18,26H,5-6,8-9,19-22H2,1-2H3,(H,32,34). The SMILES string of the molecule is COc1ccc(CCNC(=O)Cc2ccc(N(Cc3ccccc3C)C(=O)C3CCCC3)cc2)cc1. The number of hydrogen-bond donors (Lipinski definition) is 1. The van der Waals surface area contributed by atoms with Gasteiger partial charge in [-0.3, -0.25) is 9.59 Å². The molecule has 1 aliphatic carbocycles. The highest BCUT2D eigenvalue weighted by atomic mass is 16.5. The van der Waals surface area contributed by atoms with Gasteiger partial charge in [0.1, 0.15) is 5.75 Å². The van der Waals surface area contributed by atoms with Crippen LogP contribution in [-0.2, 0) is 29.0 Å². The normalized spacial score (nSPS) is 13.4. The van der Waals surface area contributed by atoms with E-state index in [-0.39, 0.29) is 17.7 Å². The van der Waals surface area contributed by atoms with E-state index in [1.54, 1.807) is 7.11 Å². The Morgan fingerprint density at radius 3 is 2.25 bits per heavy atom. The number of hydrogen-bond acceptors (Lipinski definition) is 3. The predicted octanol–water partition coefficient (Wildman–Crippen LogP) is 5.63. The van der Waals surface area contributed by atoms with Crippen LogP contribution >= 0.6 is 0 Å². The summed E-state index contributed by atoms with van der Waals surface area (Å²) in [6.07, 6.45) is 5.28. The molecule has 0 unspecified atom stereocenters. The van der Waals surface area contributed by atoms with Crippen molar-refractivity contribution in [2.24, 2.45) is 5.92 Å². The van der Waals surface area contributed by atoms with E-state index in [0.717, 1.165) is 60.2 Å². The van der Waals surface area contributed by atoms with Crippen molar-refractivity contribution < 1.29 is 14.3 Å². The Labute approximate surface area is 214 Å². The number of anilines is 1. The second-order valence-electron chi connectivity index (χ2n) is 9.62. The van der Waals surface area contributed by atoms with Crippen LogP contribution in [0.2, 0.25) is 0 Å². The van der Waals surface area contributed by atoms with E-state index in [2.05, 4.69) is 24.4 Å². The molecule has 0 aromatic heterocycles. The quantitative estimate of drug-likeness (QED) is 0.406. The first-order valence-corrected chi connectivity index (χ1v) is 12.9. The zero-order chi connectivity index (χ0) is 25.3. The third-order valence-corrected chi connectivity index (χ3v) is 7.07. The molecule has 0 radical (unpaired) electrons. The number of nitrogens with one attached hydrogen (secondary N) is 1. The minimum Gasteiger partial charge on any atom is -0.497 e. The molecule has 0 saturated heterocycles. The Kier molecular flexibility index (Phi) is 8.77. The van der Waals surface area contributed by atoms with Crippen LogP contribution in [0.4, 0.5) is 5.69 Å². The fourth-order valence-corrected chi connectivity index (χ4v) is 4.83. The summed E-state index contributed by atoms with van der Waals surface area (Å²) in [5, 5.41) is 3.01. The number of ether oxygens (including phenoxy) is 1. The highest BCUT2D eigenvalue weighted by Crippen LogP contribution is 2.30. The molecule has 0 aliphatic heterocycles. The lowest BCUT2D eigenvalue weighted by Gasteiger charge is -2.27. The zero-order valence-electron chi connectivity index (χ0n) is 21.3. The Morgan fingerprint density at radius 1 is 0.917 bits per heavy atom. The van der Waals surface area contributed by atoms with E-state index >= 15 is 0 Å². The number of amides is 2. The van der Waals surface area contributed by atoms with Crippen LogP contribution in [0, 0.1) is 12.8 Å². The Bertz CT molecular complexity index is 1150. The topological polar surface area (TPSA) is 58.6 Å². The first-order valence-electron chi connectivity index (χ1n) is 12.9. The molecule has 1 N–H and O–H groups in total. The van der Waals surface area contributed by atoms with Crippen molar-refractivity contribution in [3.05, 3.63) is 95.1 Å². The molecule has 188 valence electrons. The average molecular weight is 485 g/mol. The van der Waals surface area contributed by atoms with Gasteiger partial charge >= 0.3 is 0 Å². The van der Waals surface area contributed by atoms with Crippen LogP contribution in [0.1, 0.15) is 47.9 Å². The molecule has 1 aliphatic rings. The van der Waals surface area contributed by atoms with Crippen molar-refractivity contribution in [2.45, 2.75) is 52.0 Å². The smallest absolute Gasteiger partial charge is 0.230 e. The van der Waals surface area contributed by atoms with Crippen molar-refractivity contribution >= 4 is 17.5 Å². The summed E-state index contributed by atoms with van der Waals surface area (Å²) >= 11 is 0. The number of rotatable bonds is 10. The molecule has 0 heterocycles. The van der Waals surface area contributed by atoms with Gasteiger partial charge in [0.2, 0.25) is 11.8 Å². The van der Waals surface area contributed by atoms with E-state index in [1.807, 2.05) is 65.6 Å². The summed E-state index contributed by atoms with van der Waals surface area (Å²) in [5.41, 5.74) is 5.32. The summed E-state index contributed by atoms with van der Waals surface area (Å²) in [4.78, 5) is 27.9. The van der Waals surface area contributed by atoms with Crippen LogP contribution in [-0.4, -0.2) is 25.5 Å². The van der Waals surface area contributed by atoms with Crippen molar-refractivity contribution in [3.8, 4) is 5.75 Å². The molecule has 3 aromatic carbocycles. The second-order valence-corrected chi connectivity index (χ2v) is 9.62. The van der Waals surface area contributed by atoms with E-state index in [0.29, 0.717) is 19.5 Å². The molecule has 4 rings (SSSR count). The maximum absolute atomic E-state index is 13.5. The largest absolute Gasteiger partial charge is 0.497 e.